The number of nitro benzene ring substituents is 2. The fourth-order valence-corrected chi connectivity index (χ4v) is 1.86. The second-order valence-corrected chi connectivity index (χ2v) is 4.91. The highest BCUT2D eigenvalue weighted by Crippen LogP contribution is 2.40. The van der Waals surface area contributed by atoms with Crippen molar-refractivity contribution in [2.24, 2.45) is 0 Å². The van der Waals surface area contributed by atoms with Crippen molar-refractivity contribution >= 4 is 17.5 Å². The average Bonchev–Trinajstić information content (AvgIpc) is 2.51. The lowest BCUT2D eigenvalue weighted by Gasteiger charge is -2.14. The summed E-state index contributed by atoms with van der Waals surface area (Å²) in [5.41, 5.74) is -0.842. The second kappa shape index (κ2) is 8.06. The molecule has 9 heteroatoms. The molecule has 0 aliphatic heterocycles. The van der Waals surface area contributed by atoms with Crippen molar-refractivity contribution in [2.75, 3.05) is 6.61 Å². The topological polar surface area (TPSA) is 122 Å². The van der Waals surface area contributed by atoms with Crippen molar-refractivity contribution in [1.82, 2.24) is 0 Å². The van der Waals surface area contributed by atoms with Crippen molar-refractivity contribution in [3.8, 4) is 5.75 Å². The minimum absolute atomic E-state index is 0.109. The fraction of sp³-hybridized carbons (Fsp3) is 0.500. The molecule has 0 N–H and O–H groups in total. The Kier molecular flexibility index (Phi) is 6.43. The molecule has 9 nitrogen and oxygen atoms in total. The van der Waals surface area contributed by atoms with E-state index in [0.29, 0.717) is 12.8 Å². The van der Waals surface area contributed by atoms with E-state index in [4.69, 9.17) is 9.47 Å². The van der Waals surface area contributed by atoms with Gasteiger partial charge in [-0.25, -0.2) is 4.79 Å². The van der Waals surface area contributed by atoms with Crippen LogP contribution in [0.1, 0.15) is 45.1 Å². The van der Waals surface area contributed by atoms with Crippen LogP contribution in [0.4, 0.5) is 16.2 Å². The molecule has 0 radical (unpaired) electrons. The van der Waals surface area contributed by atoms with Crippen molar-refractivity contribution < 1.29 is 24.1 Å². The summed E-state index contributed by atoms with van der Waals surface area (Å²) >= 11 is 0. The van der Waals surface area contributed by atoms with Gasteiger partial charge in [0.1, 0.15) is 0 Å². The quantitative estimate of drug-likeness (QED) is 0.322. The van der Waals surface area contributed by atoms with Crippen LogP contribution < -0.4 is 4.74 Å². The minimum atomic E-state index is -1.08. The van der Waals surface area contributed by atoms with E-state index in [9.17, 15) is 25.0 Å². The molecule has 1 atom stereocenters. The minimum Gasteiger partial charge on any atom is -0.434 e. The number of nitro groups is 2. The average molecular weight is 326 g/mol. The van der Waals surface area contributed by atoms with Gasteiger partial charge >= 0.3 is 11.8 Å². The number of hydrogen-bond acceptors (Lipinski definition) is 7. The molecule has 23 heavy (non-hydrogen) atoms. The zero-order chi connectivity index (χ0) is 17.6. The van der Waals surface area contributed by atoms with E-state index in [2.05, 4.69) is 0 Å². The van der Waals surface area contributed by atoms with Crippen LogP contribution in [0, 0.1) is 20.2 Å². The van der Waals surface area contributed by atoms with Crippen molar-refractivity contribution in [3.63, 3.8) is 0 Å². The maximum Gasteiger partial charge on any atom is 0.514 e. The molecule has 0 saturated carbocycles. The smallest absolute Gasteiger partial charge is 0.434 e. The lowest BCUT2D eigenvalue weighted by molar-refractivity contribution is -0.394. The molecule has 0 saturated heterocycles. The third-order valence-corrected chi connectivity index (χ3v) is 3.24. The number of hydrogen-bond donors (Lipinski definition) is 0. The molecule has 1 aromatic carbocycles. The standard InChI is InChI=1S/C14H18N2O7/c1-4-6-22-14(17)23-13-11(9(3)5-2)7-10(15(18)19)8-12(13)16(20)21/h7-9H,4-6H2,1-3H3. The third-order valence-electron chi connectivity index (χ3n) is 3.24. The molecule has 0 fully saturated rings. The van der Waals surface area contributed by atoms with Crippen LogP contribution in [0.15, 0.2) is 12.1 Å². The monoisotopic (exact) mass is 326 g/mol. The molecule has 0 bridgehead atoms. The van der Waals surface area contributed by atoms with Gasteiger partial charge in [0.2, 0.25) is 5.75 Å². The summed E-state index contributed by atoms with van der Waals surface area (Å²) in [6, 6.07) is 1.96. The Balaban J connectivity index is 3.40. The van der Waals surface area contributed by atoms with E-state index in [-0.39, 0.29) is 23.8 Å². The molecular formula is C14H18N2O7. The number of ether oxygens (including phenoxy) is 2. The van der Waals surface area contributed by atoms with Crippen LogP contribution in [0.25, 0.3) is 0 Å². The predicted octanol–water partition coefficient (Wildman–Crippen LogP) is 3.94. The Bertz CT molecular complexity index is 615. The SMILES string of the molecule is CCCOC(=O)Oc1c(C(C)CC)cc([N+](=O)[O-])cc1[N+](=O)[O-]. The molecule has 1 unspecified atom stereocenters. The first kappa shape index (κ1) is 18.3. The zero-order valence-corrected chi connectivity index (χ0v) is 13.1. The maximum absolute atomic E-state index is 11.6. The first-order valence-electron chi connectivity index (χ1n) is 7.13. The van der Waals surface area contributed by atoms with Gasteiger partial charge in [0.05, 0.1) is 22.5 Å². The summed E-state index contributed by atoms with van der Waals surface area (Å²) in [5.74, 6) is -0.585. The summed E-state index contributed by atoms with van der Waals surface area (Å²) < 4.78 is 9.73. The highest BCUT2D eigenvalue weighted by molar-refractivity contribution is 5.70. The zero-order valence-electron chi connectivity index (χ0n) is 13.1. The van der Waals surface area contributed by atoms with Crippen LogP contribution >= 0.6 is 0 Å². The number of benzene rings is 1. The summed E-state index contributed by atoms with van der Waals surface area (Å²) in [5, 5.41) is 22.2. The van der Waals surface area contributed by atoms with Crippen LogP contribution in [-0.2, 0) is 4.74 Å². The van der Waals surface area contributed by atoms with Crippen LogP contribution in [-0.4, -0.2) is 22.6 Å². The van der Waals surface area contributed by atoms with Crippen molar-refractivity contribution in [1.29, 1.82) is 0 Å². The van der Waals surface area contributed by atoms with Crippen molar-refractivity contribution in [3.05, 3.63) is 37.9 Å². The first-order chi connectivity index (χ1) is 10.8. The second-order valence-electron chi connectivity index (χ2n) is 4.91. The van der Waals surface area contributed by atoms with E-state index in [0.717, 1.165) is 6.07 Å². The summed E-state index contributed by atoms with van der Waals surface area (Å²) in [4.78, 5) is 32.3. The summed E-state index contributed by atoms with van der Waals surface area (Å²) in [7, 11) is 0. The molecule has 0 aliphatic rings. The van der Waals surface area contributed by atoms with Gasteiger partial charge in [0.15, 0.2) is 0 Å². The third kappa shape index (κ3) is 4.63. The molecule has 0 amide bonds. The van der Waals surface area contributed by atoms with E-state index < -0.39 is 27.4 Å². The van der Waals surface area contributed by atoms with Gasteiger partial charge in [-0.05, 0) is 18.8 Å². The van der Waals surface area contributed by atoms with Gasteiger partial charge in [-0.15, -0.1) is 0 Å². The van der Waals surface area contributed by atoms with Gasteiger partial charge < -0.3 is 9.47 Å². The Morgan fingerprint density at radius 1 is 1.22 bits per heavy atom. The van der Waals surface area contributed by atoms with Gasteiger partial charge in [0, 0.05) is 11.6 Å². The number of nitrogens with zero attached hydrogens (tertiary/aromatic N) is 2. The van der Waals surface area contributed by atoms with Crippen LogP contribution in [0.5, 0.6) is 5.75 Å². The van der Waals surface area contributed by atoms with E-state index >= 15 is 0 Å². The van der Waals surface area contributed by atoms with Crippen LogP contribution in [0.3, 0.4) is 0 Å². The number of carbonyl (C=O) groups is 1. The Labute approximate surface area is 132 Å². The van der Waals surface area contributed by atoms with E-state index in [1.54, 1.807) is 13.8 Å². The van der Waals surface area contributed by atoms with E-state index in [1.165, 1.54) is 6.07 Å². The van der Waals surface area contributed by atoms with Crippen LogP contribution in [0.2, 0.25) is 0 Å². The van der Waals surface area contributed by atoms with E-state index in [1.807, 2.05) is 6.92 Å². The Morgan fingerprint density at radius 2 is 1.87 bits per heavy atom. The molecule has 0 aliphatic carbocycles. The fourth-order valence-electron chi connectivity index (χ4n) is 1.86. The molecule has 0 aromatic heterocycles. The van der Waals surface area contributed by atoms with Gasteiger partial charge in [-0.1, -0.05) is 20.8 Å². The normalized spacial score (nSPS) is 11.6. The molecule has 0 heterocycles. The Morgan fingerprint density at radius 3 is 2.35 bits per heavy atom. The highest BCUT2D eigenvalue weighted by Gasteiger charge is 2.29. The molecule has 1 aromatic rings. The molecular weight excluding hydrogens is 308 g/mol. The van der Waals surface area contributed by atoms with Gasteiger partial charge in [-0.2, -0.15) is 0 Å². The van der Waals surface area contributed by atoms with Gasteiger partial charge in [-0.3, -0.25) is 20.2 Å². The number of carbonyl (C=O) groups excluding carboxylic acids is 1. The summed E-state index contributed by atoms with van der Waals surface area (Å²) in [6.45, 7) is 5.44. The predicted molar refractivity (Wildman–Crippen MR) is 80.7 cm³/mol. The lowest BCUT2D eigenvalue weighted by atomic mass is 9.96. The molecule has 126 valence electrons. The highest BCUT2D eigenvalue weighted by atomic mass is 16.7. The van der Waals surface area contributed by atoms with Crippen molar-refractivity contribution in [2.45, 2.75) is 39.5 Å². The largest absolute Gasteiger partial charge is 0.514 e. The van der Waals surface area contributed by atoms with Gasteiger partial charge in [0.25, 0.3) is 5.69 Å². The first-order valence-corrected chi connectivity index (χ1v) is 7.13. The lowest BCUT2D eigenvalue weighted by Crippen LogP contribution is -2.14. The molecule has 0 spiro atoms. The number of rotatable bonds is 7. The summed E-state index contributed by atoms with van der Waals surface area (Å²) in [6.07, 6.45) is 0.0438. The number of non-ortho nitro benzene ring substituents is 1. The molecule has 1 rings (SSSR count). The Hall–Kier alpha value is -2.71. The maximum atomic E-state index is 11.6.